The summed E-state index contributed by atoms with van der Waals surface area (Å²) in [6.07, 6.45) is -4.72. The van der Waals surface area contributed by atoms with E-state index in [1.165, 1.54) is 17.4 Å². The zero-order valence-electron chi connectivity index (χ0n) is 16.2. The lowest BCUT2D eigenvalue weighted by molar-refractivity contribution is -0.137. The van der Waals surface area contributed by atoms with Crippen molar-refractivity contribution in [1.29, 1.82) is 0 Å². The Morgan fingerprint density at radius 1 is 1.19 bits per heavy atom. The van der Waals surface area contributed by atoms with Crippen LogP contribution in [0.4, 0.5) is 13.2 Å². The Morgan fingerprint density at radius 2 is 1.90 bits per heavy atom. The summed E-state index contributed by atoms with van der Waals surface area (Å²) in [4.78, 5) is 16.5. The van der Waals surface area contributed by atoms with Crippen molar-refractivity contribution in [1.82, 2.24) is 19.5 Å². The van der Waals surface area contributed by atoms with Crippen molar-refractivity contribution < 1.29 is 21.6 Å². The van der Waals surface area contributed by atoms with Crippen LogP contribution in [0.5, 0.6) is 0 Å². The molecule has 3 rings (SSSR count). The van der Waals surface area contributed by atoms with E-state index in [9.17, 15) is 26.4 Å². The van der Waals surface area contributed by atoms with Crippen molar-refractivity contribution in [3.8, 4) is 10.6 Å². The Hall–Kier alpha value is -2.28. The van der Waals surface area contributed by atoms with Crippen LogP contribution in [-0.2, 0) is 22.7 Å². The quantitative estimate of drug-likeness (QED) is 0.567. The summed E-state index contributed by atoms with van der Waals surface area (Å²) in [5, 5.41) is 4.72. The van der Waals surface area contributed by atoms with Gasteiger partial charge in [0.1, 0.15) is 10.6 Å². The van der Waals surface area contributed by atoms with Gasteiger partial charge in [0, 0.05) is 12.6 Å². The van der Waals surface area contributed by atoms with Crippen LogP contribution >= 0.6 is 22.9 Å². The minimum Gasteiger partial charge on any atom is -0.268 e. The molecule has 3 aromatic rings. The van der Waals surface area contributed by atoms with Gasteiger partial charge in [0.05, 0.1) is 32.7 Å². The van der Waals surface area contributed by atoms with E-state index in [0.29, 0.717) is 17.8 Å². The molecule has 0 aliphatic rings. The normalized spacial score (nSPS) is 12.3. The molecule has 0 bridgehead atoms. The number of alkyl halides is 3. The van der Waals surface area contributed by atoms with E-state index in [1.54, 1.807) is 6.07 Å². The minimum atomic E-state index is -4.72. The number of hydrogen-bond acceptors (Lipinski definition) is 6. The highest BCUT2D eigenvalue weighted by Gasteiger charge is 2.32. The van der Waals surface area contributed by atoms with Crippen LogP contribution < -0.4 is 10.3 Å². The SMILES string of the molecule is Cc1nc(C)c(-c2ccc(=O)n(CCNS(=O)(=O)c3cc(C(F)(F)F)ccc3Cl)n2)s1. The Kier molecular flexibility index (Phi) is 6.56. The molecule has 166 valence electrons. The summed E-state index contributed by atoms with van der Waals surface area (Å²) in [7, 11) is -4.36. The van der Waals surface area contributed by atoms with E-state index in [1.807, 2.05) is 13.8 Å². The first-order valence-electron chi connectivity index (χ1n) is 8.77. The lowest BCUT2D eigenvalue weighted by atomic mass is 10.2. The second kappa shape index (κ2) is 8.69. The van der Waals surface area contributed by atoms with Crippen molar-refractivity contribution in [3.63, 3.8) is 0 Å². The second-order valence-corrected chi connectivity index (χ2v) is 9.81. The number of halogens is 4. The maximum Gasteiger partial charge on any atom is 0.416 e. The van der Waals surface area contributed by atoms with Crippen LogP contribution in [0.3, 0.4) is 0 Å². The topological polar surface area (TPSA) is 94.0 Å². The van der Waals surface area contributed by atoms with E-state index in [-0.39, 0.29) is 18.1 Å². The Balaban J connectivity index is 1.79. The number of benzene rings is 1. The van der Waals surface area contributed by atoms with Crippen LogP contribution in [0.15, 0.2) is 40.0 Å². The molecule has 2 heterocycles. The predicted molar refractivity (Wildman–Crippen MR) is 111 cm³/mol. The van der Waals surface area contributed by atoms with Crippen molar-refractivity contribution in [3.05, 3.63) is 62.0 Å². The van der Waals surface area contributed by atoms with Crippen molar-refractivity contribution >= 4 is 33.0 Å². The van der Waals surface area contributed by atoms with Gasteiger partial charge in [-0.15, -0.1) is 11.3 Å². The van der Waals surface area contributed by atoms with Gasteiger partial charge in [-0.1, -0.05) is 11.6 Å². The molecule has 7 nitrogen and oxygen atoms in total. The first-order valence-corrected chi connectivity index (χ1v) is 11.5. The largest absolute Gasteiger partial charge is 0.416 e. The highest BCUT2D eigenvalue weighted by atomic mass is 35.5. The maximum atomic E-state index is 12.9. The smallest absolute Gasteiger partial charge is 0.268 e. The monoisotopic (exact) mass is 492 g/mol. The molecule has 0 atom stereocenters. The number of nitrogens with one attached hydrogen (secondary N) is 1. The molecule has 1 N–H and O–H groups in total. The number of thiazole rings is 1. The Morgan fingerprint density at radius 3 is 2.52 bits per heavy atom. The Labute approximate surface area is 184 Å². The molecule has 1 aromatic carbocycles. The summed E-state index contributed by atoms with van der Waals surface area (Å²) in [5.41, 5.74) is -0.344. The predicted octanol–water partition coefficient (Wildman–Crippen LogP) is 3.63. The summed E-state index contributed by atoms with van der Waals surface area (Å²) in [5.74, 6) is 0. The molecule has 0 saturated heterocycles. The van der Waals surface area contributed by atoms with Gasteiger partial charge in [0.2, 0.25) is 10.0 Å². The van der Waals surface area contributed by atoms with Gasteiger partial charge in [-0.2, -0.15) is 18.3 Å². The molecule has 0 radical (unpaired) electrons. The highest BCUT2D eigenvalue weighted by molar-refractivity contribution is 7.89. The zero-order chi connectivity index (χ0) is 23.0. The van der Waals surface area contributed by atoms with Crippen molar-refractivity contribution in [2.45, 2.75) is 31.5 Å². The molecule has 0 unspecified atom stereocenters. The maximum absolute atomic E-state index is 12.9. The molecule has 0 fully saturated rings. The number of aromatic nitrogens is 3. The lowest BCUT2D eigenvalue weighted by Crippen LogP contribution is -2.32. The van der Waals surface area contributed by atoms with E-state index < -0.39 is 32.2 Å². The molecular formula is C18H16ClF3N4O3S2. The van der Waals surface area contributed by atoms with Crippen LogP contribution in [0.1, 0.15) is 16.3 Å². The molecule has 0 amide bonds. The van der Waals surface area contributed by atoms with Crippen LogP contribution in [-0.4, -0.2) is 29.7 Å². The average molecular weight is 493 g/mol. The molecule has 0 saturated carbocycles. The van der Waals surface area contributed by atoms with Gasteiger partial charge < -0.3 is 0 Å². The summed E-state index contributed by atoms with van der Waals surface area (Å²) < 4.78 is 66.9. The van der Waals surface area contributed by atoms with Crippen molar-refractivity contribution in [2.24, 2.45) is 0 Å². The fraction of sp³-hybridized carbons (Fsp3) is 0.278. The zero-order valence-corrected chi connectivity index (χ0v) is 18.6. The average Bonchev–Trinajstić information content (AvgIpc) is 3.00. The van der Waals surface area contributed by atoms with E-state index in [0.717, 1.165) is 26.3 Å². The lowest BCUT2D eigenvalue weighted by Gasteiger charge is -2.12. The van der Waals surface area contributed by atoms with Gasteiger partial charge in [-0.25, -0.2) is 22.8 Å². The van der Waals surface area contributed by atoms with Crippen molar-refractivity contribution in [2.75, 3.05) is 6.54 Å². The number of rotatable bonds is 6. The van der Waals surface area contributed by atoms with E-state index >= 15 is 0 Å². The molecule has 31 heavy (non-hydrogen) atoms. The molecule has 0 aliphatic heterocycles. The molecule has 0 spiro atoms. The van der Waals surface area contributed by atoms with Crippen LogP contribution in [0.2, 0.25) is 5.02 Å². The number of aryl methyl sites for hydroxylation is 2. The second-order valence-electron chi connectivity index (χ2n) is 6.47. The van der Waals surface area contributed by atoms with Crippen LogP contribution in [0.25, 0.3) is 10.6 Å². The number of nitrogens with zero attached hydrogens (tertiary/aromatic N) is 3. The third-order valence-corrected chi connectivity index (χ3v) is 7.20. The minimum absolute atomic E-state index is 0.140. The number of sulfonamides is 1. The van der Waals surface area contributed by atoms with Gasteiger partial charge in [0.15, 0.2) is 0 Å². The highest BCUT2D eigenvalue weighted by Crippen LogP contribution is 2.33. The van der Waals surface area contributed by atoms with Gasteiger partial charge in [-0.05, 0) is 38.1 Å². The summed E-state index contributed by atoms with van der Waals surface area (Å²) >= 11 is 7.20. The van der Waals surface area contributed by atoms with Gasteiger partial charge in [-0.3, -0.25) is 4.79 Å². The van der Waals surface area contributed by atoms with Crippen LogP contribution in [0, 0.1) is 13.8 Å². The third kappa shape index (κ3) is 5.32. The van der Waals surface area contributed by atoms with E-state index in [4.69, 9.17) is 11.6 Å². The molecule has 0 aliphatic carbocycles. The summed E-state index contributed by atoms with van der Waals surface area (Å²) in [6.45, 7) is 3.22. The first-order chi connectivity index (χ1) is 14.4. The Bertz CT molecular complexity index is 1290. The summed E-state index contributed by atoms with van der Waals surface area (Å²) in [6, 6.07) is 4.87. The third-order valence-electron chi connectivity index (χ3n) is 4.17. The standard InChI is InChI=1S/C18H16ClF3N4O3S2/c1-10-17(30-11(2)24-10)14-5-6-16(27)26(25-14)8-7-23-31(28,29)15-9-12(18(20,21)22)3-4-13(15)19/h3-6,9,23H,7-8H2,1-2H3. The van der Waals surface area contributed by atoms with E-state index in [2.05, 4.69) is 14.8 Å². The van der Waals surface area contributed by atoms with Gasteiger partial charge in [0.25, 0.3) is 5.56 Å². The fourth-order valence-corrected chi connectivity index (χ4v) is 5.18. The first kappa shape index (κ1) is 23.4. The molecular weight excluding hydrogens is 477 g/mol. The molecule has 2 aromatic heterocycles. The fourth-order valence-electron chi connectivity index (χ4n) is 2.75. The molecule has 13 heteroatoms. The van der Waals surface area contributed by atoms with Gasteiger partial charge >= 0.3 is 6.18 Å². The number of hydrogen-bond donors (Lipinski definition) is 1.